The zero-order valence-electron chi connectivity index (χ0n) is 16.0. The number of nitrogens with two attached hydrogens (primary N) is 1. The van der Waals surface area contributed by atoms with Gasteiger partial charge >= 0.3 is 5.97 Å². The maximum Gasteiger partial charge on any atom is 0.314 e. The van der Waals surface area contributed by atoms with Crippen LogP contribution in [0.15, 0.2) is 30.3 Å². The third kappa shape index (κ3) is 5.51. The lowest BCUT2D eigenvalue weighted by Crippen LogP contribution is -2.58. The highest BCUT2D eigenvalue weighted by molar-refractivity contribution is 5.74. The van der Waals surface area contributed by atoms with E-state index < -0.39 is 24.2 Å². The number of aliphatic hydroxyl groups is 1. The Morgan fingerprint density at radius 1 is 1.19 bits per heavy atom. The van der Waals surface area contributed by atoms with Crippen molar-refractivity contribution in [2.45, 2.75) is 51.0 Å². The van der Waals surface area contributed by atoms with Gasteiger partial charge in [0.15, 0.2) is 0 Å². The van der Waals surface area contributed by atoms with Gasteiger partial charge in [-0.1, -0.05) is 49.6 Å². The van der Waals surface area contributed by atoms with Crippen molar-refractivity contribution in [3.05, 3.63) is 35.9 Å². The summed E-state index contributed by atoms with van der Waals surface area (Å²) in [6, 6.07) is 9.59. The zero-order valence-corrected chi connectivity index (χ0v) is 16.0. The van der Waals surface area contributed by atoms with Crippen LogP contribution >= 0.6 is 0 Å². The molecular weight excluding hydrogens is 344 g/mol. The molecule has 3 N–H and O–H groups in total. The molecule has 27 heavy (non-hydrogen) atoms. The molecule has 3 atom stereocenters. The van der Waals surface area contributed by atoms with Crippen molar-refractivity contribution in [1.82, 2.24) is 4.90 Å². The van der Waals surface area contributed by atoms with Gasteiger partial charge in [-0.3, -0.25) is 9.69 Å². The van der Waals surface area contributed by atoms with Crippen molar-refractivity contribution in [3.8, 4) is 0 Å². The van der Waals surface area contributed by atoms with E-state index in [4.69, 9.17) is 15.2 Å². The number of esters is 1. The fourth-order valence-corrected chi connectivity index (χ4v) is 4.18. The summed E-state index contributed by atoms with van der Waals surface area (Å²) >= 11 is 0. The van der Waals surface area contributed by atoms with E-state index in [1.165, 1.54) is 6.42 Å². The van der Waals surface area contributed by atoms with Gasteiger partial charge in [-0.15, -0.1) is 0 Å². The highest BCUT2D eigenvalue weighted by Crippen LogP contribution is 2.31. The highest BCUT2D eigenvalue weighted by Gasteiger charge is 2.41. The quantitative estimate of drug-likeness (QED) is 0.707. The van der Waals surface area contributed by atoms with Crippen LogP contribution in [0.2, 0.25) is 0 Å². The molecule has 0 aromatic heterocycles. The predicted molar refractivity (Wildman–Crippen MR) is 103 cm³/mol. The largest absolute Gasteiger partial charge is 0.460 e. The van der Waals surface area contributed by atoms with Gasteiger partial charge in [-0.25, -0.2) is 0 Å². The highest BCUT2D eigenvalue weighted by atomic mass is 16.5. The van der Waals surface area contributed by atoms with E-state index >= 15 is 0 Å². The maximum atomic E-state index is 13.0. The van der Waals surface area contributed by atoms with Crippen LogP contribution in [-0.4, -0.2) is 54.5 Å². The minimum atomic E-state index is -0.772. The van der Waals surface area contributed by atoms with Crippen LogP contribution in [0.3, 0.4) is 0 Å². The van der Waals surface area contributed by atoms with Gasteiger partial charge in [0.25, 0.3) is 0 Å². The number of hydrogen-bond acceptors (Lipinski definition) is 6. The molecule has 0 spiro atoms. The summed E-state index contributed by atoms with van der Waals surface area (Å²) in [5, 5.41) is 11.1. The van der Waals surface area contributed by atoms with Crippen molar-refractivity contribution < 1.29 is 19.4 Å². The van der Waals surface area contributed by atoms with Crippen LogP contribution in [0.25, 0.3) is 0 Å². The Labute approximate surface area is 161 Å². The lowest BCUT2D eigenvalue weighted by atomic mass is 9.79. The second kappa shape index (κ2) is 10.2. The summed E-state index contributed by atoms with van der Waals surface area (Å²) in [6.45, 7) is 2.73. The standard InChI is InChI=1S/C21H32N2O4/c22-20(23-11-13-26-14-12-23)18(19(24)17-9-5-2-6-10-17)21(25)27-15-16-7-3-1-4-8-16/h1,3-4,7-8,17-20,24H,2,5-6,9-15,22H2. The van der Waals surface area contributed by atoms with E-state index in [9.17, 15) is 9.90 Å². The van der Waals surface area contributed by atoms with E-state index in [1.54, 1.807) is 0 Å². The molecule has 3 unspecified atom stereocenters. The number of benzene rings is 1. The summed E-state index contributed by atoms with van der Waals surface area (Å²) < 4.78 is 11.0. The Balaban J connectivity index is 1.69. The lowest BCUT2D eigenvalue weighted by molar-refractivity contribution is -0.161. The molecule has 1 saturated carbocycles. The molecule has 1 aromatic carbocycles. The summed E-state index contributed by atoms with van der Waals surface area (Å²) in [5.74, 6) is -1.04. The van der Waals surface area contributed by atoms with Gasteiger partial charge in [-0.2, -0.15) is 0 Å². The van der Waals surface area contributed by atoms with E-state index in [0.29, 0.717) is 26.3 Å². The molecule has 150 valence electrons. The van der Waals surface area contributed by atoms with Crippen LogP contribution in [0.1, 0.15) is 37.7 Å². The first-order valence-electron chi connectivity index (χ1n) is 10.1. The number of rotatable bonds is 7. The smallest absolute Gasteiger partial charge is 0.314 e. The lowest BCUT2D eigenvalue weighted by Gasteiger charge is -2.39. The van der Waals surface area contributed by atoms with Gasteiger partial charge in [-0.05, 0) is 24.3 Å². The number of carbonyl (C=O) groups is 1. The van der Waals surface area contributed by atoms with Crippen LogP contribution in [0.4, 0.5) is 0 Å². The summed E-state index contributed by atoms with van der Waals surface area (Å²) in [4.78, 5) is 15.0. The molecule has 1 heterocycles. The number of aliphatic hydroxyl groups excluding tert-OH is 1. The molecule has 2 aliphatic rings. The molecule has 1 aromatic rings. The minimum Gasteiger partial charge on any atom is -0.460 e. The number of nitrogens with zero attached hydrogens (tertiary/aromatic N) is 1. The molecule has 6 heteroatoms. The predicted octanol–water partition coefficient (Wildman–Crippen LogP) is 1.90. The molecule has 1 saturated heterocycles. The average molecular weight is 376 g/mol. The Morgan fingerprint density at radius 2 is 1.85 bits per heavy atom. The van der Waals surface area contributed by atoms with Gasteiger partial charge in [0.2, 0.25) is 0 Å². The molecule has 0 amide bonds. The third-order valence-electron chi connectivity index (χ3n) is 5.83. The van der Waals surface area contributed by atoms with Crippen LogP contribution < -0.4 is 5.73 Å². The topological polar surface area (TPSA) is 85.0 Å². The van der Waals surface area contributed by atoms with Crippen molar-refractivity contribution >= 4 is 5.97 Å². The summed E-state index contributed by atoms with van der Waals surface area (Å²) in [7, 11) is 0. The normalized spacial score (nSPS) is 22.7. The first-order valence-corrected chi connectivity index (χ1v) is 10.1. The van der Waals surface area contributed by atoms with Crippen molar-refractivity contribution in [2.75, 3.05) is 26.3 Å². The summed E-state index contributed by atoms with van der Waals surface area (Å²) in [5.41, 5.74) is 7.41. The monoisotopic (exact) mass is 376 g/mol. The van der Waals surface area contributed by atoms with Crippen molar-refractivity contribution in [1.29, 1.82) is 0 Å². The van der Waals surface area contributed by atoms with E-state index in [1.807, 2.05) is 35.2 Å². The van der Waals surface area contributed by atoms with Crippen molar-refractivity contribution in [2.24, 2.45) is 17.6 Å². The second-order valence-corrected chi connectivity index (χ2v) is 7.65. The van der Waals surface area contributed by atoms with Crippen molar-refractivity contribution in [3.63, 3.8) is 0 Å². The number of morpholine rings is 1. The maximum absolute atomic E-state index is 13.0. The Hall–Kier alpha value is -1.47. The zero-order chi connectivity index (χ0) is 19.1. The van der Waals surface area contributed by atoms with E-state index in [2.05, 4.69) is 0 Å². The fraction of sp³-hybridized carbons (Fsp3) is 0.667. The van der Waals surface area contributed by atoms with E-state index in [0.717, 1.165) is 31.2 Å². The van der Waals surface area contributed by atoms with Crippen LogP contribution in [0.5, 0.6) is 0 Å². The molecular formula is C21H32N2O4. The fourth-order valence-electron chi connectivity index (χ4n) is 4.18. The first-order chi connectivity index (χ1) is 13.2. The van der Waals surface area contributed by atoms with Crippen LogP contribution in [-0.2, 0) is 20.9 Å². The molecule has 6 nitrogen and oxygen atoms in total. The SMILES string of the molecule is NC(C(C(=O)OCc1ccccc1)C(O)C1CCCCC1)N1CCOCC1. The van der Waals surface area contributed by atoms with Gasteiger partial charge in [0.1, 0.15) is 12.5 Å². The molecule has 1 aliphatic carbocycles. The van der Waals surface area contributed by atoms with Crippen LogP contribution in [0, 0.1) is 11.8 Å². The Bertz CT molecular complexity index is 547. The molecule has 0 radical (unpaired) electrons. The van der Waals surface area contributed by atoms with Gasteiger partial charge in [0.05, 0.1) is 25.5 Å². The third-order valence-corrected chi connectivity index (χ3v) is 5.83. The Kier molecular flexibility index (Phi) is 7.64. The van der Waals surface area contributed by atoms with E-state index in [-0.39, 0.29) is 12.5 Å². The number of hydrogen-bond donors (Lipinski definition) is 2. The second-order valence-electron chi connectivity index (χ2n) is 7.65. The number of carbonyl (C=O) groups excluding carboxylic acids is 1. The molecule has 0 bridgehead atoms. The molecule has 2 fully saturated rings. The molecule has 1 aliphatic heterocycles. The molecule has 3 rings (SSSR count). The Morgan fingerprint density at radius 3 is 2.52 bits per heavy atom. The van der Waals surface area contributed by atoms with Gasteiger partial charge < -0.3 is 20.3 Å². The first kappa shape index (κ1) is 20.3. The summed E-state index contributed by atoms with van der Waals surface area (Å²) in [6.07, 6.45) is 3.95. The average Bonchev–Trinajstić information content (AvgIpc) is 2.74. The van der Waals surface area contributed by atoms with Gasteiger partial charge in [0, 0.05) is 13.1 Å². The number of ether oxygens (including phenoxy) is 2. The minimum absolute atomic E-state index is 0.111.